The maximum atomic E-state index is 12.2. The van der Waals surface area contributed by atoms with Crippen LogP contribution in [-0.2, 0) is 11.2 Å². The Morgan fingerprint density at radius 1 is 1.24 bits per heavy atom. The number of aromatic nitrogens is 2. The Kier molecular flexibility index (Phi) is 5.30. The summed E-state index contributed by atoms with van der Waals surface area (Å²) in [5, 5.41) is 14.6. The maximum absolute atomic E-state index is 12.2. The van der Waals surface area contributed by atoms with E-state index in [1.165, 1.54) is 0 Å². The van der Waals surface area contributed by atoms with Crippen molar-refractivity contribution in [2.75, 3.05) is 19.5 Å². The Morgan fingerprint density at radius 2 is 2.12 bits per heavy atom. The van der Waals surface area contributed by atoms with Gasteiger partial charge in [0.15, 0.2) is 0 Å². The minimum Gasteiger partial charge on any atom is -0.497 e. The van der Waals surface area contributed by atoms with Gasteiger partial charge in [0.05, 0.1) is 19.9 Å². The lowest BCUT2D eigenvalue weighted by Gasteiger charge is -2.11. The molecule has 0 fully saturated rings. The van der Waals surface area contributed by atoms with Gasteiger partial charge in [0.2, 0.25) is 17.7 Å². The van der Waals surface area contributed by atoms with E-state index in [0.717, 1.165) is 5.56 Å². The summed E-state index contributed by atoms with van der Waals surface area (Å²) < 4.78 is 16.0. The van der Waals surface area contributed by atoms with Crippen LogP contribution in [0.15, 0.2) is 39.4 Å². The molecule has 3 rings (SSSR count). The Labute approximate surface area is 148 Å². The van der Waals surface area contributed by atoms with Crippen molar-refractivity contribution in [2.45, 2.75) is 12.8 Å². The number of carbonyl (C=O) groups is 1. The highest BCUT2D eigenvalue weighted by Crippen LogP contribution is 2.29. The van der Waals surface area contributed by atoms with Gasteiger partial charge in [0, 0.05) is 29.9 Å². The van der Waals surface area contributed by atoms with E-state index < -0.39 is 0 Å². The molecule has 0 unspecified atom stereocenters. The molecule has 0 radical (unpaired) electrons. The molecule has 1 amide bonds. The number of hydrogen-bond acceptors (Lipinski definition) is 7. The minimum absolute atomic E-state index is 0.179. The van der Waals surface area contributed by atoms with Gasteiger partial charge in [0.1, 0.15) is 11.5 Å². The molecule has 1 aromatic carbocycles. The summed E-state index contributed by atoms with van der Waals surface area (Å²) in [6.45, 7) is 0. The molecular weight excluding hydrogens is 342 g/mol. The number of thiophene rings is 1. The van der Waals surface area contributed by atoms with Crippen molar-refractivity contribution in [3.05, 3.63) is 40.9 Å². The topological polar surface area (TPSA) is 86.5 Å². The van der Waals surface area contributed by atoms with E-state index in [4.69, 9.17) is 13.9 Å². The van der Waals surface area contributed by atoms with Crippen LogP contribution in [0.2, 0.25) is 0 Å². The summed E-state index contributed by atoms with van der Waals surface area (Å²) >= 11 is 1.56. The van der Waals surface area contributed by atoms with E-state index in [1.54, 1.807) is 43.8 Å². The van der Waals surface area contributed by atoms with Crippen molar-refractivity contribution in [1.29, 1.82) is 0 Å². The van der Waals surface area contributed by atoms with E-state index in [2.05, 4.69) is 15.5 Å². The molecule has 25 heavy (non-hydrogen) atoms. The number of methoxy groups -OCH3 is 2. The number of anilines is 1. The normalized spacial score (nSPS) is 10.5. The average Bonchev–Trinajstić information content (AvgIpc) is 3.31. The quantitative estimate of drug-likeness (QED) is 0.696. The van der Waals surface area contributed by atoms with Gasteiger partial charge in [-0.2, -0.15) is 11.3 Å². The molecule has 0 aliphatic rings. The molecule has 2 heterocycles. The zero-order valence-corrected chi connectivity index (χ0v) is 14.6. The average molecular weight is 359 g/mol. The number of ether oxygens (including phenoxy) is 2. The predicted molar refractivity (Wildman–Crippen MR) is 94.1 cm³/mol. The molecule has 3 aromatic rings. The summed E-state index contributed by atoms with van der Waals surface area (Å²) in [5.74, 6) is 1.90. The van der Waals surface area contributed by atoms with E-state index >= 15 is 0 Å². The molecule has 1 N–H and O–H groups in total. The highest BCUT2D eigenvalue weighted by molar-refractivity contribution is 7.08. The number of hydrogen-bond donors (Lipinski definition) is 1. The molecular formula is C17H17N3O4S. The lowest BCUT2D eigenvalue weighted by molar-refractivity contribution is -0.116. The Balaban J connectivity index is 1.60. The molecule has 130 valence electrons. The fourth-order valence-electron chi connectivity index (χ4n) is 2.20. The first-order chi connectivity index (χ1) is 12.2. The molecule has 0 spiro atoms. The SMILES string of the molecule is COc1ccc(OC)c(NC(=O)CCc2nnc(-c3ccsc3)o2)c1. The summed E-state index contributed by atoms with van der Waals surface area (Å²) in [6, 6.07) is 7.11. The molecule has 0 atom stereocenters. The second kappa shape index (κ2) is 7.80. The highest BCUT2D eigenvalue weighted by Gasteiger charge is 2.13. The molecule has 0 aliphatic heterocycles. The van der Waals surface area contributed by atoms with E-state index in [1.807, 2.05) is 16.8 Å². The molecule has 7 nitrogen and oxygen atoms in total. The Morgan fingerprint density at radius 3 is 2.84 bits per heavy atom. The standard InChI is InChI=1S/C17H17N3O4S/c1-22-12-3-4-14(23-2)13(9-12)18-15(21)5-6-16-19-20-17(24-16)11-7-8-25-10-11/h3-4,7-10H,5-6H2,1-2H3,(H,18,21). The van der Waals surface area contributed by atoms with Crippen LogP contribution in [0.5, 0.6) is 11.5 Å². The summed E-state index contributed by atoms with van der Waals surface area (Å²) in [4.78, 5) is 12.2. The van der Waals surface area contributed by atoms with E-state index in [0.29, 0.717) is 35.4 Å². The first-order valence-electron chi connectivity index (χ1n) is 7.56. The number of benzene rings is 1. The zero-order chi connectivity index (χ0) is 17.6. The number of carbonyl (C=O) groups excluding carboxylic acids is 1. The van der Waals surface area contributed by atoms with Gasteiger partial charge in [-0.15, -0.1) is 10.2 Å². The molecule has 0 saturated heterocycles. The zero-order valence-electron chi connectivity index (χ0n) is 13.8. The lowest BCUT2D eigenvalue weighted by Crippen LogP contribution is -2.13. The second-order valence-corrected chi connectivity index (χ2v) is 5.91. The van der Waals surface area contributed by atoms with Gasteiger partial charge in [-0.05, 0) is 23.6 Å². The van der Waals surface area contributed by atoms with Crippen LogP contribution in [0.4, 0.5) is 5.69 Å². The van der Waals surface area contributed by atoms with Crippen molar-refractivity contribution in [3.8, 4) is 23.0 Å². The minimum atomic E-state index is -0.179. The van der Waals surface area contributed by atoms with Crippen LogP contribution in [0.1, 0.15) is 12.3 Å². The van der Waals surface area contributed by atoms with Crippen LogP contribution in [-0.4, -0.2) is 30.3 Å². The number of aryl methyl sites for hydroxylation is 1. The van der Waals surface area contributed by atoms with Gasteiger partial charge >= 0.3 is 0 Å². The van der Waals surface area contributed by atoms with Crippen LogP contribution >= 0.6 is 11.3 Å². The molecule has 8 heteroatoms. The second-order valence-electron chi connectivity index (χ2n) is 5.13. The largest absolute Gasteiger partial charge is 0.497 e. The van der Waals surface area contributed by atoms with Crippen LogP contribution in [0, 0.1) is 0 Å². The Bertz CT molecular complexity index is 845. The Hall–Kier alpha value is -2.87. The van der Waals surface area contributed by atoms with Crippen LogP contribution < -0.4 is 14.8 Å². The number of nitrogens with one attached hydrogen (secondary N) is 1. The molecule has 0 aliphatic carbocycles. The van der Waals surface area contributed by atoms with Gasteiger partial charge in [-0.25, -0.2) is 0 Å². The maximum Gasteiger partial charge on any atom is 0.248 e. The first-order valence-corrected chi connectivity index (χ1v) is 8.50. The fraction of sp³-hybridized carbons (Fsp3) is 0.235. The third-order valence-electron chi connectivity index (χ3n) is 3.48. The van der Waals surface area contributed by atoms with Crippen molar-refractivity contribution in [2.24, 2.45) is 0 Å². The first kappa shape index (κ1) is 17.0. The highest BCUT2D eigenvalue weighted by atomic mass is 32.1. The predicted octanol–water partition coefficient (Wildman–Crippen LogP) is 3.39. The van der Waals surface area contributed by atoms with Crippen LogP contribution in [0.3, 0.4) is 0 Å². The van der Waals surface area contributed by atoms with Crippen molar-refractivity contribution >= 4 is 22.9 Å². The third kappa shape index (κ3) is 4.16. The van der Waals surface area contributed by atoms with Gasteiger partial charge in [0.25, 0.3) is 0 Å². The van der Waals surface area contributed by atoms with Gasteiger partial charge < -0.3 is 19.2 Å². The van der Waals surface area contributed by atoms with E-state index in [9.17, 15) is 4.79 Å². The number of amides is 1. The molecule has 2 aromatic heterocycles. The summed E-state index contributed by atoms with van der Waals surface area (Å²) in [5.41, 5.74) is 1.44. The third-order valence-corrected chi connectivity index (χ3v) is 4.16. The fourth-order valence-corrected chi connectivity index (χ4v) is 2.83. The van der Waals surface area contributed by atoms with Gasteiger partial charge in [-0.1, -0.05) is 0 Å². The summed E-state index contributed by atoms with van der Waals surface area (Å²) in [6.07, 6.45) is 0.570. The molecule has 0 saturated carbocycles. The van der Waals surface area contributed by atoms with Crippen molar-refractivity contribution in [3.63, 3.8) is 0 Å². The lowest BCUT2D eigenvalue weighted by atomic mass is 10.2. The molecule has 0 bridgehead atoms. The van der Waals surface area contributed by atoms with Gasteiger partial charge in [-0.3, -0.25) is 4.79 Å². The monoisotopic (exact) mass is 359 g/mol. The summed E-state index contributed by atoms with van der Waals surface area (Å²) in [7, 11) is 3.11. The number of nitrogens with zero attached hydrogens (tertiary/aromatic N) is 2. The van der Waals surface area contributed by atoms with E-state index in [-0.39, 0.29) is 12.3 Å². The number of rotatable bonds is 7. The smallest absolute Gasteiger partial charge is 0.248 e. The van der Waals surface area contributed by atoms with Crippen molar-refractivity contribution in [1.82, 2.24) is 10.2 Å². The van der Waals surface area contributed by atoms with Crippen LogP contribution in [0.25, 0.3) is 11.5 Å². The van der Waals surface area contributed by atoms with Crippen molar-refractivity contribution < 1.29 is 18.7 Å².